The predicted molar refractivity (Wildman–Crippen MR) is 88.8 cm³/mol. The Kier molecular flexibility index (Phi) is 6.01. The third-order valence-electron chi connectivity index (χ3n) is 4.06. The van der Waals surface area contributed by atoms with Gasteiger partial charge in [-0.15, -0.1) is 0 Å². The van der Waals surface area contributed by atoms with E-state index in [9.17, 15) is 26.4 Å². The lowest BCUT2D eigenvalue weighted by Gasteiger charge is -2.31. The van der Waals surface area contributed by atoms with Gasteiger partial charge in [-0.3, -0.25) is 4.79 Å². The molecule has 1 saturated heterocycles. The second kappa shape index (κ2) is 7.51. The van der Waals surface area contributed by atoms with E-state index in [-0.39, 0.29) is 17.3 Å². The quantitative estimate of drug-likeness (QED) is 0.845. The average molecular weight is 399 g/mol. The predicted octanol–water partition coefficient (Wildman–Crippen LogP) is 3.36. The number of carbonyl (C=O) groups excluding carboxylic acids is 1. The average Bonchev–Trinajstić information content (AvgIpc) is 2.55. The SMILES string of the molecule is CCS(=O)(=O)N1CCC[C@@H](C(=O)Nc2ccc(Cl)cc2C(F)(F)F)C1. The largest absolute Gasteiger partial charge is 0.418 e. The summed E-state index contributed by atoms with van der Waals surface area (Å²) in [4.78, 5) is 12.4. The number of carbonyl (C=O) groups is 1. The highest BCUT2D eigenvalue weighted by molar-refractivity contribution is 7.89. The lowest BCUT2D eigenvalue weighted by Crippen LogP contribution is -2.44. The molecule has 1 aliphatic rings. The zero-order valence-electron chi connectivity index (χ0n) is 13.4. The maximum absolute atomic E-state index is 13.1. The van der Waals surface area contributed by atoms with Gasteiger partial charge in [0.25, 0.3) is 0 Å². The van der Waals surface area contributed by atoms with Crippen molar-refractivity contribution >= 4 is 33.2 Å². The summed E-state index contributed by atoms with van der Waals surface area (Å²) >= 11 is 5.61. The number of anilines is 1. The van der Waals surface area contributed by atoms with Crippen molar-refractivity contribution in [2.75, 3.05) is 24.2 Å². The van der Waals surface area contributed by atoms with Crippen LogP contribution in [0.1, 0.15) is 25.3 Å². The molecular formula is C15H18ClF3N2O3S. The third kappa shape index (κ3) is 4.86. The first-order valence-corrected chi connectivity index (χ1v) is 9.68. The maximum atomic E-state index is 13.1. The Morgan fingerprint density at radius 1 is 1.40 bits per heavy atom. The molecule has 0 unspecified atom stereocenters. The van der Waals surface area contributed by atoms with Crippen LogP contribution in [-0.2, 0) is 21.0 Å². The Labute approximate surface area is 149 Å². The molecule has 0 bridgehead atoms. The fourth-order valence-corrected chi connectivity index (χ4v) is 4.04. The summed E-state index contributed by atoms with van der Waals surface area (Å²) in [5, 5.41) is 2.17. The van der Waals surface area contributed by atoms with Gasteiger partial charge in [0.1, 0.15) is 0 Å². The van der Waals surface area contributed by atoms with E-state index in [1.165, 1.54) is 17.3 Å². The molecule has 0 aromatic heterocycles. The van der Waals surface area contributed by atoms with E-state index in [1.54, 1.807) is 0 Å². The van der Waals surface area contributed by atoms with Crippen LogP contribution in [0.3, 0.4) is 0 Å². The molecule has 140 valence electrons. The van der Waals surface area contributed by atoms with Gasteiger partial charge in [0.2, 0.25) is 15.9 Å². The monoisotopic (exact) mass is 398 g/mol. The van der Waals surface area contributed by atoms with E-state index >= 15 is 0 Å². The Balaban J connectivity index is 2.18. The van der Waals surface area contributed by atoms with Crippen LogP contribution in [0.15, 0.2) is 18.2 Å². The third-order valence-corrected chi connectivity index (χ3v) is 6.14. The molecule has 1 aromatic rings. The van der Waals surface area contributed by atoms with Gasteiger partial charge in [-0.05, 0) is 38.0 Å². The Bertz CT molecular complexity index is 753. The number of benzene rings is 1. The van der Waals surface area contributed by atoms with Crippen molar-refractivity contribution in [3.63, 3.8) is 0 Å². The number of nitrogens with zero attached hydrogens (tertiary/aromatic N) is 1. The van der Waals surface area contributed by atoms with Crippen LogP contribution in [-0.4, -0.2) is 37.5 Å². The molecule has 0 aliphatic carbocycles. The first kappa shape index (κ1) is 20.0. The molecule has 0 saturated carbocycles. The van der Waals surface area contributed by atoms with Crippen LogP contribution in [0, 0.1) is 5.92 Å². The number of nitrogens with one attached hydrogen (secondary N) is 1. The van der Waals surface area contributed by atoms with Gasteiger partial charge in [0.15, 0.2) is 0 Å². The van der Waals surface area contributed by atoms with Crippen molar-refractivity contribution in [1.82, 2.24) is 4.31 Å². The van der Waals surface area contributed by atoms with Crippen molar-refractivity contribution < 1.29 is 26.4 Å². The maximum Gasteiger partial charge on any atom is 0.418 e. The number of amides is 1. The summed E-state index contributed by atoms with van der Waals surface area (Å²) in [6, 6.07) is 3.08. The van der Waals surface area contributed by atoms with E-state index in [2.05, 4.69) is 5.32 Å². The summed E-state index contributed by atoms with van der Waals surface area (Å²) in [6.45, 7) is 1.79. The highest BCUT2D eigenvalue weighted by Gasteiger charge is 2.36. The molecule has 2 rings (SSSR count). The minimum absolute atomic E-state index is 0.0308. The molecule has 5 nitrogen and oxygen atoms in total. The number of halogens is 4. The molecule has 1 atom stereocenters. The fraction of sp³-hybridized carbons (Fsp3) is 0.533. The van der Waals surface area contributed by atoms with Crippen LogP contribution < -0.4 is 5.32 Å². The van der Waals surface area contributed by atoms with Gasteiger partial charge < -0.3 is 5.32 Å². The summed E-state index contributed by atoms with van der Waals surface area (Å²) in [7, 11) is -3.44. The van der Waals surface area contributed by atoms with Crippen LogP contribution >= 0.6 is 11.6 Å². The van der Waals surface area contributed by atoms with Crippen LogP contribution in [0.4, 0.5) is 18.9 Å². The highest BCUT2D eigenvalue weighted by atomic mass is 35.5. The molecule has 1 heterocycles. The Morgan fingerprint density at radius 2 is 2.08 bits per heavy atom. The topological polar surface area (TPSA) is 66.5 Å². The number of rotatable bonds is 4. The van der Waals surface area contributed by atoms with Gasteiger partial charge >= 0.3 is 6.18 Å². The van der Waals surface area contributed by atoms with Gasteiger partial charge in [0, 0.05) is 18.1 Å². The first-order valence-electron chi connectivity index (χ1n) is 7.70. The summed E-state index contributed by atoms with van der Waals surface area (Å²) in [5.74, 6) is -1.42. The standard InChI is InChI=1S/C15H18ClF3N2O3S/c1-2-25(23,24)21-7-3-4-10(9-21)14(22)20-13-6-5-11(16)8-12(13)15(17,18)19/h5-6,8,10H,2-4,7,9H2,1H3,(H,20,22)/t10-/m1/s1. The fourth-order valence-electron chi connectivity index (χ4n) is 2.69. The highest BCUT2D eigenvalue weighted by Crippen LogP contribution is 2.37. The van der Waals surface area contributed by atoms with Gasteiger partial charge in [0.05, 0.1) is 22.9 Å². The molecule has 1 fully saturated rings. The minimum Gasteiger partial charge on any atom is -0.325 e. The summed E-state index contributed by atoms with van der Waals surface area (Å²) < 4.78 is 64.3. The van der Waals surface area contributed by atoms with Crippen molar-refractivity contribution in [2.45, 2.75) is 25.9 Å². The smallest absolute Gasteiger partial charge is 0.325 e. The number of hydrogen-bond donors (Lipinski definition) is 1. The lowest BCUT2D eigenvalue weighted by atomic mass is 9.98. The number of alkyl halides is 3. The van der Waals surface area contributed by atoms with E-state index in [1.807, 2.05) is 0 Å². The molecule has 1 aliphatic heterocycles. The zero-order valence-corrected chi connectivity index (χ0v) is 15.0. The zero-order chi connectivity index (χ0) is 18.8. The Hall–Kier alpha value is -1.32. The molecule has 25 heavy (non-hydrogen) atoms. The number of hydrogen-bond acceptors (Lipinski definition) is 3. The molecule has 1 aromatic carbocycles. The van der Waals surface area contributed by atoms with E-state index < -0.39 is 39.3 Å². The van der Waals surface area contributed by atoms with Crippen molar-refractivity contribution in [3.8, 4) is 0 Å². The second-order valence-electron chi connectivity index (χ2n) is 5.77. The number of sulfonamides is 1. The molecule has 1 N–H and O–H groups in total. The molecule has 1 amide bonds. The number of piperidine rings is 1. The Morgan fingerprint density at radius 3 is 2.68 bits per heavy atom. The van der Waals surface area contributed by atoms with E-state index in [0.29, 0.717) is 19.4 Å². The molecule has 0 radical (unpaired) electrons. The van der Waals surface area contributed by atoms with Crippen molar-refractivity contribution in [2.24, 2.45) is 5.92 Å². The summed E-state index contributed by atoms with van der Waals surface area (Å²) in [5.41, 5.74) is -1.43. The second-order valence-corrected chi connectivity index (χ2v) is 8.47. The minimum atomic E-state index is -4.67. The van der Waals surface area contributed by atoms with Gasteiger partial charge in [-0.2, -0.15) is 13.2 Å². The molecule has 0 spiro atoms. The first-order chi connectivity index (χ1) is 11.5. The normalized spacial score (nSPS) is 19.6. The molecular weight excluding hydrogens is 381 g/mol. The van der Waals surface area contributed by atoms with Crippen LogP contribution in [0.5, 0.6) is 0 Å². The van der Waals surface area contributed by atoms with E-state index in [4.69, 9.17) is 11.6 Å². The van der Waals surface area contributed by atoms with Crippen molar-refractivity contribution in [1.29, 1.82) is 0 Å². The van der Waals surface area contributed by atoms with Crippen LogP contribution in [0.25, 0.3) is 0 Å². The molecule has 10 heteroatoms. The summed E-state index contributed by atoms with van der Waals surface area (Å²) in [6.07, 6.45) is -3.78. The lowest BCUT2D eigenvalue weighted by molar-refractivity contribution is -0.137. The van der Waals surface area contributed by atoms with Crippen molar-refractivity contribution in [3.05, 3.63) is 28.8 Å². The van der Waals surface area contributed by atoms with E-state index in [0.717, 1.165) is 12.1 Å². The van der Waals surface area contributed by atoms with Gasteiger partial charge in [-0.25, -0.2) is 12.7 Å². The van der Waals surface area contributed by atoms with Gasteiger partial charge in [-0.1, -0.05) is 11.6 Å². The van der Waals surface area contributed by atoms with Crippen LogP contribution in [0.2, 0.25) is 5.02 Å².